The van der Waals surface area contributed by atoms with Crippen molar-refractivity contribution in [3.63, 3.8) is 0 Å². The number of hydrogen-bond acceptors (Lipinski definition) is 4. The van der Waals surface area contributed by atoms with E-state index in [0.717, 1.165) is 30.5 Å². The second kappa shape index (κ2) is 5.20. The summed E-state index contributed by atoms with van der Waals surface area (Å²) in [5.74, 6) is -0.294. The summed E-state index contributed by atoms with van der Waals surface area (Å²) >= 11 is 3.26. The average Bonchev–Trinajstić information content (AvgIpc) is 2.90. The Hall–Kier alpha value is -1.95. The molecule has 0 fully saturated rings. The summed E-state index contributed by atoms with van der Waals surface area (Å²) in [6.45, 7) is 0. The average molecular weight is 335 g/mol. The van der Waals surface area contributed by atoms with Gasteiger partial charge in [-0.2, -0.15) is 0 Å². The maximum Gasteiger partial charge on any atom is 0.339 e. The third-order valence-electron chi connectivity index (χ3n) is 3.21. The number of aromatic carboxylic acids is 1. The number of benzene rings is 1. The Kier molecular flexibility index (Phi) is 3.40. The number of carbonyl (C=O) groups is 1. The van der Waals surface area contributed by atoms with Crippen LogP contribution in [0.15, 0.2) is 29.0 Å². The molecule has 102 valence electrons. The Morgan fingerprint density at radius 1 is 1.30 bits per heavy atom. The van der Waals surface area contributed by atoms with Crippen molar-refractivity contribution in [2.24, 2.45) is 0 Å². The molecule has 1 aliphatic carbocycles. The van der Waals surface area contributed by atoms with E-state index in [0.29, 0.717) is 10.4 Å². The molecule has 1 heterocycles. The van der Waals surface area contributed by atoms with E-state index >= 15 is 0 Å². The minimum absolute atomic E-state index is 0.102. The van der Waals surface area contributed by atoms with Gasteiger partial charge in [0.2, 0.25) is 5.88 Å². The molecule has 3 rings (SSSR count). The summed E-state index contributed by atoms with van der Waals surface area (Å²) in [4.78, 5) is 19.6. The van der Waals surface area contributed by atoms with Crippen LogP contribution in [0.25, 0.3) is 0 Å². The van der Waals surface area contributed by atoms with Crippen molar-refractivity contribution in [3.05, 3.63) is 45.8 Å². The maximum atomic E-state index is 11.3. The topological polar surface area (TPSA) is 72.3 Å². The van der Waals surface area contributed by atoms with Gasteiger partial charge in [0, 0.05) is 10.0 Å². The van der Waals surface area contributed by atoms with Crippen LogP contribution < -0.4 is 4.74 Å². The summed E-state index contributed by atoms with van der Waals surface area (Å²) < 4.78 is 6.41. The minimum atomic E-state index is -1.04. The van der Waals surface area contributed by atoms with Crippen molar-refractivity contribution in [2.75, 3.05) is 0 Å². The van der Waals surface area contributed by atoms with Crippen LogP contribution in [-0.4, -0.2) is 21.0 Å². The largest absolute Gasteiger partial charge is 0.478 e. The number of ether oxygens (including phenoxy) is 1. The highest BCUT2D eigenvalue weighted by Gasteiger charge is 2.20. The highest BCUT2D eigenvalue weighted by molar-refractivity contribution is 9.10. The number of halogens is 1. The summed E-state index contributed by atoms with van der Waals surface area (Å²) in [7, 11) is 0. The number of aromatic nitrogens is 2. The van der Waals surface area contributed by atoms with E-state index in [1.165, 1.54) is 12.4 Å². The van der Waals surface area contributed by atoms with E-state index in [2.05, 4.69) is 25.9 Å². The standard InChI is InChI=1S/C14H11BrN2O3/c15-8-4-5-12(10(6-8)14(18)19)20-13-9-2-1-3-11(9)16-7-17-13/h4-7H,1-3H2,(H,18,19). The van der Waals surface area contributed by atoms with E-state index in [-0.39, 0.29) is 11.3 Å². The molecule has 0 atom stereocenters. The summed E-state index contributed by atoms with van der Waals surface area (Å²) in [6.07, 6.45) is 4.26. The quantitative estimate of drug-likeness (QED) is 0.932. The van der Waals surface area contributed by atoms with E-state index in [9.17, 15) is 9.90 Å². The van der Waals surface area contributed by atoms with Gasteiger partial charge >= 0.3 is 5.97 Å². The zero-order chi connectivity index (χ0) is 14.1. The molecule has 0 unspecified atom stereocenters. The third kappa shape index (κ3) is 2.38. The molecule has 5 nitrogen and oxygen atoms in total. The molecule has 1 N–H and O–H groups in total. The van der Waals surface area contributed by atoms with Crippen LogP contribution in [0.1, 0.15) is 28.0 Å². The van der Waals surface area contributed by atoms with E-state index in [4.69, 9.17) is 4.74 Å². The van der Waals surface area contributed by atoms with Crippen molar-refractivity contribution in [3.8, 4) is 11.6 Å². The molecular weight excluding hydrogens is 324 g/mol. The normalized spacial score (nSPS) is 13.1. The zero-order valence-electron chi connectivity index (χ0n) is 10.5. The van der Waals surface area contributed by atoms with Gasteiger partial charge in [0.05, 0.1) is 5.69 Å². The number of rotatable bonds is 3. The Morgan fingerprint density at radius 3 is 2.95 bits per heavy atom. The van der Waals surface area contributed by atoms with E-state index < -0.39 is 5.97 Å². The van der Waals surface area contributed by atoms with Gasteiger partial charge in [-0.05, 0) is 37.5 Å². The molecular formula is C14H11BrN2O3. The summed E-state index contributed by atoms with van der Waals surface area (Å²) in [5.41, 5.74) is 2.07. The van der Waals surface area contributed by atoms with Crippen LogP contribution in [0.2, 0.25) is 0 Å². The lowest BCUT2D eigenvalue weighted by molar-refractivity contribution is 0.0694. The molecule has 1 aliphatic rings. The first-order valence-electron chi connectivity index (χ1n) is 6.18. The maximum absolute atomic E-state index is 11.3. The number of carboxylic acids is 1. The van der Waals surface area contributed by atoms with Crippen LogP contribution in [0.3, 0.4) is 0 Å². The van der Waals surface area contributed by atoms with Crippen molar-refractivity contribution < 1.29 is 14.6 Å². The Bertz CT molecular complexity index is 688. The van der Waals surface area contributed by atoms with Gasteiger partial charge in [0.15, 0.2) is 0 Å². The van der Waals surface area contributed by atoms with Gasteiger partial charge in [0.25, 0.3) is 0 Å². The van der Waals surface area contributed by atoms with Gasteiger partial charge < -0.3 is 9.84 Å². The molecule has 2 aromatic rings. The van der Waals surface area contributed by atoms with Gasteiger partial charge in [-0.3, -0.25) is 0 Å². The second-order valence-corrected chi connectivity index (χ2v) is 5.42. The first-order chi connectivity index (χ1) is 9.65. The molecule has 20 heavy (non-hydrogen) atoms. The lowest BCUT2D eigenvalue weighted by atomic mass is 10.2. The van der Waals surface area contributed by atoms with Gasteiger partial charge in [-0.25, -0.2) is 14.8 Å². The van der Waals surface area contributed by atoms with Gasteiger partial charge in [-0.1, -0.05) is 15.9 Å². The van der Waals surface area contributed by atoms with E-state index in [1.807, 2.05) is 0 Å². The first kappa shape index (κ1) is 13.1. The number of fused-ring (bicyclic) bond motifs is 1. The van der Waals surface area contributed by atoms with Crippen molar-refractivity contribution in [2.45, 2.75) is 19.3 Å². The molecule has 0 spiro atoms. The highest BCUT2D eigenvalue weighted by Crippen LogP contribution is 2.32. The van der Waals surface area contributed by atoms with Crippen LogP contribution in [0, 0.1) is 0 Å². The van der Waals surface area contributed by atoms with Crippen LogP contribution in [0.4, 0.5) is 0 Å². The first-order valence-corrected chi connectivity index (χ1v) is 6.98. The molecule has 1 aromatic heterocycles. The SMILES string of the molecule is O=C(O)c1cc(Br)ccc1Oc1ncnc2c1CCC2. The zero-order valence-corrected chi connectivity index (χ0v) is 12.1. The molecule has 0 saturated heterocycles. The fourth-order valence-electron chi connectivity index (χ4n) is 2.28. The lowest BCUT2D eigenvalue weighted by Crippen LogP contribution is -2.02. The number of hydrogen-bond donors (Lipinski definition) is 1. The van der Waals surface area contributed by atoms with E-state index in [1.54, 1.807) is 12.1 Å². The fraction of sp³-hybridized carbons (Fsp3) is 0.214. The lowest BCUT2D eigenvalue weighted by Gasteiger charge is -2.10. The van der Waals surface area contributed by atoms with Crippen LogP contribution in [0.5, 0.6) is 11.6 Å². The highest BCUT2D eigenvalue weighted by atomic mass is 79.9. The summed E-state index contributed by atoms with van der Waals surface area (Å²) in [5, 5.41) is 9.23. The molecule has 0 radical (unpaired) electrons. The Morgan fingerprint density at radius 2 is 2.15 bits per heavy atom. The van der Waals surface area contributed by atoms with Crippen LogP contribution in [-0.2, 0) is 12.8 Å². The summed E-state index contributed by atoms with van der Waals surface area (Å²) in [6, 6.07) is 4.87. The predicted molar refractivity (Wildman–Crippen MR) is 75.2 cm³/mol. The van der Waals surface area contributed by atoms with Gasteiger partial charge in [-0.15, -0.1) is 0 Å². The second-order valence-electron chi connectivity index (χ2n) is 4.51. The number of aryl methyl sites for hydroxylation is 1. The molecule has 0 bridgehead atoms. The van der Waals surface area contributed by atoms with Crippen LogP contribution >= 0.6 is 15.9 Å². The van der Waals surface area contributed by atoms with Crippen molar-refractivity contribution >= 4 is 21.9 Å². The van der Waals surface area contributed by atoms with Gasteiger partial charge in [0.1, 0.15) is 17.6 Å². The predicted octanol–water partition coefficient (Wildman–Crippen LogP) is 3.22. The minimum Gasteiger partial charge on any atom is -0.478 e. The fourth-order valence-corrected chi connectivity index (χ4v) is 2.64. The van der Waals surface area contributed by atoms with Crippen molar-refractivity contribution in [1.29, 1.82) is 0 Å². The monoisotopic (exact) mass is 334 g/mol. The molecule has 6 heteroatoms. The number of carboxylic acid groups (broad SMARTS) is 1. The smallest absolute Gasteiger partial charge is 0.339 e. The molecule has 1 aromatic carbocycles. The Balaban J connectivity index is 2.00. The molecule has 0 aliphatic heterocycles. The molecule has 0 saturated carbocycles. The third-order valence-corrected chi connectivity index (χ3v) is 3.71. The molecule has 0 amide bonds. The number of nitrogens with zero attached hydrogens (tertiary/aromatic N) is 2. The van der Waals surface area contributed by atoms with Crippen molar-refractivity contribution in [1.82, 2.24) is 9.97 Å². The Labute approximate surface area is 123 Å².